The largest absolute Gasteiger partial charge is 0.465 e. The van der Waals surface area contributed by atoms with Crippen LogP contribution in [0.3, 0.4) is 0 Å². The number of carbonyl (C=O) groups is 1. The molecular weight excluding hydrogens is 621 g/mol. The Morgan fingerprint density at radius 1 is 1.13 bits per heavy atom. The Kier molecular flexibility index (Phi) is 7.07. The molecule has 0 N–H and O–H groups in total. The second kappa shape index (κ2) is 11.1. The maximum absolute atomic E-state index is 15.0. The van der Waals surface area contributed by atoms with Crippen molar-refractivity contribution in [1.82, 2.24) is 24.0 Å². The van der Waals surface area contributed by atoms with Gasteiger partial charge in [0.05, 0.1) is 54.4 Å². The summed E-state index contributed by atoms with van der Waals surface area (Å²) in [5.41, 5.74) is 4.72. The van der Waals surface area contributed by atoms with Crippen molar-refractivity contribution in [2.45, 2.75) is 57.5 Å². The van der Waals surface area contributed by atoms with Crippen LogP contribution in [0.1, 0.15) is 59.7 Å². The highest BCUT2D eigenvalue weighted by Crippen LogP contribution is 2.63. The Bertz CT molecular complexity index is 2040. The van der Waals surface area contributed by atoms with Gasteiger partial charge in [0.25, 0.3) is 5.79 Å². The number of fused-ring (bicyclic) bond motifs is 3. The monoisotopic (exact) mass is 655 g/mol. The van der Waals surface area contributed by atoms with Crippen molar-refractivity contribution >= 4 is 28.6 Å². The topological polar surface area (TPSA) is 83.6 Å². The minimum absolute atomic E-state index is 0.0157. The normalized spacial score (nSPS) is 23.2. The first-order chi connectivity index (χ1) is 22.7. The summed E-state index contributed by atoms with van der Waals surface area (Å²) in [6.07, 6.45) is 5.73. The summed E-state index contributed by atoms with van der Waals surface area (Å²) in [5, 5.41) is 0.326. The molecule has 1 saturated heterocycles. The molecule has 242 valence electrons. The fraction of sp³-hybridized carbons (Fsp3) is 0.361. The van der Waals surface area contributed by atoms with Crippen molar-refractivity contribution in [1.29, 1.82) is 0 Å². The Labute approximate surface area is 276 Å². The van der Waals surface area contributed by atoms with Gasteiger partial charge in [-0.05, 0) is 74.7 Å². The molecule has 3 aliphatic rings. The number of likely N-dealkylation sites (tertiary alicyclic amines) is 1. The van der Waals surface area contributed by atoms with Gasteiger partial charge >= 0.3 is 5.97 Å². The highest BCUT2D eigenvalue weighted by Gasteiger charge is 2.60. The molecule has 3 aromatic carbocycles. The number of rotatable bonds is 8. The number of carbonyl (C=O) groups excluding carboxylic acids is 1. The van der Waals surface area contributed by atoms with Gasteiger partial charge < -0.3 is 23.3 Å². The highest BCUT2D eigenvalue weighted by atomic mass is 35.5. The number of aromatic nitrogens is 4. The molecule has 2 aliphatic heterocycles. The molecule has 0 bridgehead atoms. The smallest absolute Gasteiger partial charge is 0.337 e. The van der Waals surface area contributed by atoms with E-state index in [0.717, 1.165) is 60.6 Å². The number of esters is 1. The van der Waals surface area contributed by atoms with Crippen LogP contribution < -0.4 is 9.47 Å². The van der Waals surface area contributed by atoms with Crippen molar-refractivity contribution in [3.8, 4) is 11.5 Å². The molecule has 2 aromatic heterocycles. The lowest BCUT2D eigenvalue weighted by molar-refractivity contribution is -0.0712. The molecule has 3 atom stereocenters. The first-order valence-corrected chi connectivity index (χ1v) is 16.3. The van der Waals surface area contributed by atoms with Crippen molar-refractivity contribution in [2.24, 2.45) is 5.92 Å². The van der Waals surface area contributed by atoms with Gasteiger partial charge in [-0.3, -0.25) is 4.90 Å². The van der Waals surface area contributed by atoms with E-state index < -0.39 is 11.6 Å². The maximum Gasteiger partial charge on any atom is 0.337 e. The molecular formula is C36H35ClFN5O4. The Hall–Kier alpha value is -4.41. The number of para-hydroxylation sites is 1. The molecule has 1 aliphatic carbocycles. The van der Waals surface area contributed by atoms with E-state index in [9.17, 15) is 9.18 Å². The lowest BCUT2D eigenvalue weighted by atomic mass is 9.86. The van der Waals surface area contributed by atoms with Gasteiger partial charge in [-0.25, -0.2) is 19.2 Å². The number of ether oxygens (including phenoxy) is 3. The Balaban J connectivity index is 1.05. The molecule has 0 spiro atoms. The third-order valence-corrected chi connectivity index (χ3v) is 10.4. The Morgan fingerprint density at radius 2 is 2.00 bits per heavy atom. The van der Waals surface area contributed by atoms with Gasteiger partial charge in [0.15, 0.2) is 11.5 Å². The van der Waals surface area contributed by atoms with Gasteiger partial charge in [0.1, 0.15) is 11.6 Å². The minimum Gasteiger partial charge on any atom is -0.465 e. The van der Waals surface area contributed by atoms with Crippen molar-refractivity contribution in [3.63, 3.8) is 0 Å². The van der Waals surface area contributed by atoms with E-state index >= 15 is 0 Å². The molecule has 2 fully saturated rings. The first kappa shape index (κ1) is 30.0. The zero-order valence-electron chi connectivity index (χ0n) is 26.5. The summed E-state index contributed by atoms with van der Waals surface area (Å²) in [6.45, 7) is 7.72. The zero-order valence-corrected chi connectivity index (χ0v) is 27.3. The highest BCUT2D eigenvalue weighted by molar-refractivity contribution is 6.30. The number of hydrogen-bond donors (Lipinski definition) is 0. The van der Waals surface area contributed by atoms with E-state index in [1.807, 2.05) is 36.8 Å². The number of nitrogens with zero attached hydrogens (tertiary/aromatic N) is 5. The van der Waals surface area contributed by atoms with Crippen LogP contribution in [0.15, 0.2) is 67.1 Å². The van der Waals surface area contributed by atoms with Crippen LogP contribution in [0.5, 0.6) is 11.5 Å². The lowest BCUT2D eigenvalue weighted by Crippen LogP contribution is -2.37. The third kappa shape index (κ3) is 4.96. The Morgan fingerprint density at radius 3 is 2.79 bits per heavy atom. The number of benzene rings is 3. The average Bonchev–Trinajstić information content (AvgIpc) is 3.29. The zero-order chi connectivity index (χ0) is 32.5. The fourth-order valence-electron chi connectivity index (χ4n) is 7.62. The molecule has 1 saturated carbocycles. The number of methoxy groups -OCH3 is 1. The summed E-state index contributed by atoms with van der Waals surface area (Å²) >= 11 is 6.02. The predicted molar refractivity (Wildman–Crippen MR) is 174 cm³/mol. The van der Waals surface area contributed by atoms with Gasteiger partial charge in [-0.2, -0.15) is 0 Å². The summed E-state index contributed by atoms with van der Waals surface area (Å²) in [5.74, 6) is 0.601. The van der Waals surface area contributed by atoms with E-state index in [1.54, 1.807) is 25.1 Å². The first-order valence-electron chi connectivity index (χ1n) is 16.0. The van der Waals surface area contributed by atoms with E-state index in [1.165, 1.54) is 13.2 Å². The molecule has 8 rings (SSSR count). The molecule has 47 heavy (non-hydrogen) atoms. The summed E-state index contributed by atoms with van der Waals surface area (Å²) in [6, 6.07) is 16.1. The van der Waals surface area contributed by atoms with E-state index in [-0.39, 0.29) is 11.4 Å². The van der Waals surface area contributed by atoms with Gasteiger partial charge in [-0.1, -0.05) is 23.7 Å². The van der Waals surface area contributed by atoms with Crippen LogP contribution >= 0.6 is 11.6 Å². The summed E-state index contributed by atoms with van der Waals surface area (Å²) in [4.78, 5) is 24.3. The number of halogens is 2. The van der Waals surface area contributed by atoms with E-state index in [0.29, 0.717) is 46.7 Å². The lowest BCUT2D eigenvalue weighted by Gasteiger charge is -2.32. The second-order valence-corrected chi connectivity index (χ2v) is 13.4. The van der Waals surface area contributed by atoms with Gasteiger partial charge in [0.2, 0.25) is 0 Å². The number of hydrogen-bond acceptors (Lipinski definition) is 7. The number of piperidine rings is 1. The number of aryl methyl sites for hydroxylation is 1. The molecule has 3 unspecified atom stereocenters. The summed E-state index contributed by atoms with van der Waals surface area (Å²) in [7, 11) is 1.39. The van der Waals surface area contributed by atoms with Crippen LogP contribution in [-0.4, -0.2) is 50.2 Å². The van der Waals surface area contributed by atoms with Crippen LogP contribution in [0, 0.1) is 11.7 Å². The predicted octanol–water partition coefficient (Wildman–Crippen LogP) is 6.69. The van der Waals surface area contributed by atoms with Crippen molar-refractivity contribution < 1.29 is 23.4 Å². The van der Waals surface area contributed by atoms with Gasteiger partial charge in [-0.15, -0.1) is 0 Å². The van der Waals surface area contributed by atoms with E-state index in [4.69, 9.17) is 30.8 Å². The minimum atomic E-state index is -1.28. The quantitative estimate of drug-likeness (QED) is 0.172. The average molecular weight is 656 g/mol. The second-order valence-electron chi connectivity index (χ2n) is 12.9. The fourth-order valence-corrected chi connectivity index (χ4v) is 7.78. The SMILES string of the molecule is CCn1cncc1Cn1c(CN2CCC3(c4cccc5c4OC(C)(c4ccc(Cl)cc4F)O5)CC3C2)nc2ccc(C(=O)OC)cc21. The van der Waals surface area contributed by atoms with Gasteiger partial charge in [0, 0.05) is 42.2 Å². The summed E-state index contributed by atoms with van der Waals surface area (Å²) < 4.78 is 37.0. The molecule has 5 aromatic rings. The van der Waals surface area contributed by atoms with Crippen LogP contribution in [0.2, 0.25) is 5.02 Å². The van der Waals surface area contributed by atoms with Crippen LogP contribution in [0.4, 0.5) is 4.39 Å². The third-order valence-electron chi connectivity index (χ3n) is 10.2. The van der Waals surface area contributed by atoms with Crippen molar-refractivity contribution in [2.75, 3.05) is 20.2 Å². The van der Waals surface area contributed by atoms with Crippen LogP contribution in [-0.2, 0) is 35.6 Å². The van der Waals surface area contributed by atoms with Crippen molar-refractivity contribution in [3.05, 3.63) is 106 Å². The van der Waals surface area contributed by atoms with E-state index in [2.05, 4.69) is 32.0 Å². The molecule has 0 radical (unpaired) electrons. The molecule has 4 heterocycles. The number of imidazole rings is 2. The molecule has 11 heteroatoms. The molecule has 9 nitrogen and oxygen atoms in total. The van der Waals surface area contributed by atoms with Crippen LogP contribution in [0.25, 0.3) is 11.0 Å². The molecule has 0 amide bonds. The maximum atomic E-state index is 15.0. The standard InChI is InChI=1S/C36H35ClFN5O4/c1-4-42-21-39-17-25(42)19-43-30-14-22(34(44)45-3)8-11-29(30)40-32(43)20-41-13-12-36(16-23(36)18-41)27-6-5-7-31-33(27)47-35(2,46-31)26-10-9-24(37)15-28(26)38/h5-11,14-15,17,21,23H,4,12-13,16,18-20H2,1-3H3.